The predicted molar refractivity (Wildman–Crippen MR) is 132 cm³/mol. The summed E-state index contributed by atoms with van der Waals surface area (Å²) >= 11 is 5.44. The Morgan fingerprint density at radius 2 is 1.82 bits per heavy atom. The summed E-state index contributed by atoms with van der Waals surface area (Å²) in [6.45, 7) is 2.10. The number of anilines is 2. The molecule has 2 aromatic heterocycles. The molecule has 0 bridgehead atoms. The van der Waals surface area contributed by atoms with Crippen LogP contribution in [0, 0.1) is 0 Å². The van der Waals surface area contributed by atoms with Gasteiger partial charge in [-0.2, -0.15) is 9.97 Å². The topological polar surface area (TPSA) is 75.5 Å². The molecule has 2 aromatic carbocycles. The highest BCUT2D eigenvalue weighted by atomic mass is 32.1. The Kier molecular flexibility index (Phi) is 6.16. The second-order valence-corrected chi connectivity index (χ2v) is 8.04. The molecule has 0 amide bonds. The monoisotopic (exact) mass is 457 g/mol. The molecule has 1 aliphatic heterocycles. The Labute approximate surface area is 197 Å². The Hall–Kier alpha value is -3.91. The van der Waals surface area contributed by atoms with E-state index in [4.69, 9.17) is 26.4 Å². The average Bonchev–Trinajstić information content (AvgIpc) is 3.37. The molecule has 8 heteroatoms. The van der Waals surface area contributed by atoms with Crippen LogP contribution in [0.4, 0.5) is 11.8 Å². The van der Waals surface area contributed by atoms with Gasteiger partial charge in [0.15, 0.2) is 5.11 Å². The van der Waals surface area contributed by atoms with Gasteiger partial charge in [0, 0.05) is 19.2 Å². The van der Waals surface area contributed by atoms with Crippen LogP contribution in [0.15, 0.2) is 83.5 Å². The van der Waals surface area contributed by atoms with Crippen LogP contribution in [0.1, 0.15) is 16.9 Å². The highest BCUT2D eigenvalue weighted by Crippen LogP contribution is 2.28. The second kappa shape index (κ2) is 9.70. The van der Waals surface area contributed by atoms with Crippen molar-refractivity contribution in [3.63, 3.8) is 0 Å². The van der Waals surface area contributed by atoms with Crippen LogP contribution in [0.5, 0.6) is 11.6 Å². The molecule has 166 valence electrons. The van der Waals surface area contributed by atoms with Crippen molar-refractivity contribution < 1.29 is 9.15 Å². The number of aromatic nitrogens is 2. The lowest BCUT2D eigenvalue weighted by Crippen LogP contribution is -2.32. The van der Waals surface area contributed by atoms with Crippen molar-refractivity contribution in [2.45, 2.75) is 19.5 Å². The minimum atomic E-state index is 0.370. The quantitative estimate of drug-likeness (QED) is 0.396. The molecule has 2 N–H and O–H groups in total. The summed E-state index contributed by atoms with van der Waals surface area (Å²) < 4.78 is 11.4. The van der Waals surface area contributed by atoms with Crippen molar-refractivity contribution in [1.82, 2.24) is 15.3 Å². The third-order valence-corrected chi connectivity index (χ3v) is 5.58. The Morgan fingerprint density at radius 1 is 1.00 bits per heavy atom. The van der Waals surface area contributed by atoms with Gasteiger partial charge in [-0.1, -0.05) is 42.5 Å². The van der Waals surface area contributed by atoms with E-state index in [2.05, 4.69) is 44.8 Å². The Balaban J connectivity index is 1.37. The van der Waals surface area contributed by atoms with Crippen LogP contribution in [-0.2, 0) is 19.5 Å². The molecule has 33 heavy (non-hydrogen) atoms. The van der Waals surface area contributed by atoms with Crippen LogP contribution < -0.4 is 20.3 Å². The lowest BCUT2D eigenvalue weighted by Gasteiger charge is -2.30. The van der Waals surface area contributed by atoms with Gasteiger partial charge in [0.05, 0.1) is 12.8 Å². The normalized spacial score (nSPS) is 12.7. The van der Waals surface area contributed by atoms with Crippen molar-refractivity contribution in [3.05, 3.63) is 95.9 Å². The average molecular weight is 458 g/mol. The number of benzene rings is 2. The molecule has 0 aliphatic carbocycles. The summed E-state index contributed by atoms with van der Waals surface area (Å²) in [7, 11) is 0. The summed E-state index contributed by atoms with van der Waals surface area (Å²) in [6, 6.07) is 23.7. The standard InChI is InChI=1S/C25H23N5O2S/c33-25(26-16-21-11-6-14-31-21)29-24-27-22(15-23(28-24)32-20-9-2-1-3-10-20)30-13-12-18-7-4-5-8-19(18)17-30/h1-11,14-15H,12-13,16-17H2,(H2,26,27,28,29,33). The van der Waals surface area contributed by atoms with Crippen LogP contribution in [0.3, 0.4) is 0 Å². The Bertz CT molecular complexity index is 1230. The number of furan rings is 1. The van der Waals surface area contributed by atoms with Gasteiger partial charge in [-0.15, -0.1) is 0 Å². The fraction of sp³-hybridized carbons (Fsp3) is 0.160. The van der Waals surface area contributed by atoms with E-state index in [1.807, 2.05) is 48.5 Å². The molecule has 5 rings (SSSR count). The van der Waals surface area contributed by atoms with E-state index < -0.39 is 0 Å². The summed E-state index contributed by atoms with van der Waals surface area (Å²) in [5.74, 6) is 3.09. The zero-order valence-corrected chi connectivity index (χ0v) is 18.7. The zero-order valence-electron chi connectivity index (χ0n) is 17.9. The SMILES string of the molecule is S=C(NCc1ccco1)Nc1nc(Oc2ccccc2)cc(N2CCc3ccccc3C2)n1. The van der Waals surface area contributed by atoms with Crippen molar-refractivity contribution >= 4 is 29.1 Å². The zero-order chi connectivity index (χ0) is 22.5. The Morgan fingerprint density at radius 3 is 2.64 bits per heavy atom. The molecule has 4 aromatic rings. The molecule has 0 saturated carbocycles. The first-order valence-electron chi connectivity index (χ1n) is 10.7. The van der Waals surface area contributed by atoms with Crippen molar-refractivity contribution in [1.29, 1.82) is 0 Å². The first-order chi connectivity index (χ1) is 16.2. The van der Waals surface area contributed by atoms with Crippen LogP contribution in [0.2, 0.25) is 0 Å². The molecular weight excluding hydrogens is 434 g/mol. The first-order valence-corrected chi connectivity index (χ1v) is 11.1. The predicted octanol–water partition coefficient (Wildman–Crippen LogP) is 4.91. The number of hydrogen-bond acceptors (Lipinski definition) is 6. The molecule has 0 atom stereocenters. The summed E-state index contributed by atoms with van der Waals surface area (Å²) in [5.41, 5.74) is 2.68. The van der Waals surface area contributed by atoms with Crippen molar-refractivity contribution in [3.8, 4) is 11.6 Å². The minimum Gasteiger partial charge on any atom is -0.467 e. The summed E-state index contributed by atoms with van der Waals surface area (Å²) in [5, 5.41) is 6.59. The van der Waals surface area contributed by atoms with Gasteiger partial charge in [-0.3, -0.25) is 0 Å². The van der Waals surface area contributed by atoms with Crippen molar-refractivity contribution in [2.75, 3.05) is 16.8 Å². The minimum absolute atomic E-state index is 0.370. The molecule has 0 spiro atoms. The number of thiocarbonyl (C=S) groups is 1. The highest BCUT2D eigenvalue weighted by molar-refractivity contribution is 7.80. The number of fused-ring (bicyclic) bond motifs is 1. The number of hydrogen-bond donors (Lipinski definition) is 2. The van der Waals surface area contributed by atoms with E-state index in [0.717, 1.165) is 31.1 Å². The van der Waals surface area contributed by atoms with E-state index in [9.17, 15) is 0 Å². The van der Waals surface area contributed by atoms with Gasteiger partial charge >= 0.3 is 0 Å². The molecule has 0 radical (unpaired) electrons. The summed E-state index contributed by atoms with van der Waals surface area (Å²) in [6.07, 6.45) is 2.59. The molecule has 0 saturated heterocycles. The molecule has 0 unspecified atom stereocenters. The lowest BCUT2D eigenvalue weighted by molar-refractivity contribution is 0.462. The second-order valence-electron chi connectivity index (χ2n) is 7.63. The molecular formula is C25H23N5O2S. The fourth-order valence-electron chi connectivity index (χ4n) is 3.71. The summed E-state index contributed by atoms with van der Waals surface area (Å²) in [4.78, 5) is 11.5. The fourth-order valence-corrected chi connectivity index (χ4v) is 3.87. The number of nitrogens with zero attached hydrogens (tertiary/aromatic N) is 3. The molecule has 3 heterocycles. The van der Waals surface area contributed by atoms with Gasteiger partial charge < -0.3 is 24.7 Å². The van der Waals surface area contributed by atoms with Crippen LogP contribution >= 0.6 is 12.2 Å². The third-order valence-electron chi connectivity index (χ3n) is 5.34. The lowest BCUT2D eigenvalue weighted by atomic mass is 10.00. The maximum absolute atomic E-state index is 6.02. The van der Waals surface area contributed by atoms with Crippen molar-refractivity contribution in [2.24, 2.45) is 0 Å². The van der Waals surface area contributed by atoms with Gasteiger partial charge in [-0.25, -0.2) is 0 Å². The molecule has 0 fully saturated rings. The molecule has 1 aliphatic rings. The van der Waals surface area contributed by atoms with Gasteiger partial charge in [0.1, 0.15) is 17.3 Å². The largest absolute Gasteiger partial charge is 0.467 e. The van der Waals surface area contributed by atoms with E-state index in [1.54, 1.807) is 6.26 Å². The van der Waals surface area contributed by atoms with E-state index in [-0.39, 0.29) is 0 Å². The molecule has 7 nitrogen and oxygen atoms in total. The maximum atomic E-state index is 6.02. The number of ether oxygens (including phenoxy) is 1. The highest BCUT2D eigenvalue weighted by Gasteiger charge is 2.19. The van der Waals surface area contributed by atoms with E-state index >= 15 is 0 Å². The van der Waals surface area contributed by atoms with Gasteiger partial charge in [-0.05, 0) is 54.0 Å². The van der Waals surface area contributed by atoms with Crippen LogP contribution in [0.25, 0.3) is 0 Å². The van der Waals surface area contributed by atoms with E-state index in [1.165, 1.54) is 11.1 Å². The smallest absolute Gasteiger partial charge is 0.234 e. The maximum Gasteiger partial charge on any atom is 0.234 e. The van der Waals surface area contributed by atoms with Gasteiger partial charge in [0.2, 0.25) is 11.8 Å². The number of rotatable bonds is 6. The number of para-hydroxylation sites is 1. The van der Waals surface area contributed by atoms with Crippen LogP contribution in [-0.4, -0.2) is 21.6 Å². The first kappa shape index (κ1) is 21.0. The van der Waals surface area contributed by atoms with E-state index in [0.29, 0.717) is 29.2 Å². The number of nitrogens with one attached hydrogen (secondary N) is 2. The van der Waals surface area contributed by atoms with Gasteiger partial charge in [0.25, 0.3) is 0 Å². The third kappa shape index (κ3) is 5.30.